The van der Waals surface area contributed by atoms with E-state index in [0.29, 0.717) is 23.5 Å². The van der Waals surface area contributed by atoms with Gasteiger partial charge in [-0.15, -0.1) is 0 Å². The first-order valence-corrected chi connectivity index (χ1v) is 12.1. The van der Waals surface area contributed by atoms with Gasteiger partial charge in [-0.3, -0.25) is 9.69 Å². The third kappa shape index (κ3) is 5.15. The van der Waals surface area contributed by atoms with Crippen LogP contribution in [0.3, 0.4) is 0 Å². The minimum Gasteiger partial charge on any atom is -0.508 e. The molecule has 1 aliphatic rings. The van der Waals surface area contributed by atoms with E-state index in [1.165, 1.54) is 19.3 Å². The van der Waals surface area contributed by atoms with E-state index in [0.717, 1.165) is 53.4 Å². The van der Waals surface area contributed by atoms with Crippen LogP contribution in [0.5, 0.6) is 17.2 Å². The van der Waals surface area contributed by atoms with Crippen molar-refractivity contribution in [3.05, 3.63) is 78.4 Å². The van der Waals surface area contributed by atoms with Gasteiger partial charge >= 0.3 is 0 Å². The van der Waals surface area contributed by atoms with E-state index in [1.54, 1.807) is 30.3 Å². The molecule has 2 N–H and O–H groups in total. The van der Waals surface area contributed by atoms with E-state index < -0.39 is 0 Å². The number of nitrogens with zero attached hydrogens (tertiary/aromatic N) is 1. The molecule has 0 amide bonds. The van der Waals surface area contributed by atoms with Crippen LogP contribution < -0.4 is 4.74 Å². The fourth-order valence-corrected chi connectivity index (χ4v) is 4.84. The quantitative estimate of drug-likeness (QED) is 0.314. The third-order valence-electron chi connectivity index (χ3n) is 6.70. The predicted octanol–water partition coefficient (Wildman–Crippen LogP) is 6.26. The lowest BCUT2D eigenvalue weighted by atomic mass is 9.90. The second-order valence-electron chi connectivity index (χ2n) is 9.09. The number of phenols is 2. The molecule has 0 bridgehead atoms. The fraction of sp³-hybridized carbons (Fsp3) is 0.233. The van der Waals surface area contributed by atoms with Gasteiger partial charge in [-0.1, -0.05) is 30.7 Å². The Morgan fingerprint density at radius 3 is 2.31 bits per heavy atom. The van der Waals surface area contributed by atoms with E-state index in [9.17, 15) is 15.0 Å². The van der Waals surface area contributed by atoms with Crippen molar-refractivity contribution in [1.29, 1.82) is 0 Å². The number of carbonyl (C=O) groups excluding carboxylic acids is 1. The van der Waals surface area contributed by atoms with Gasteiger partial charge in [-0.2, -0.15) is 0 Å². The highest BCUT2D eigenvalue weighted by Gasteiger charge is 2.15. The molecule has 4 aromatic carbocycles. The number of piperidine rings is 1. The van der Waals surface area contributed by atoms with Crippen LogP contribution in [0.25, 0.3) is 33.0 Å². The Morgan fingerprint density at radius 1 is 0.743 bits per heavy atom. The zero-order chi connectivity index (χ0) is 24.2. The lowest BCUT2D eigenvalue weighted by Crippen LogP contribution is -2.33. The Balaban J connectivity index is 1.49. The van der Waals surface area contributed by atoms with Crippen LogP contribution in [-0.4, -0.2) is 47.6 Å². The van der Waals surface area contributed by atoms with E-state index in [1.807, 2.05) is 42.5 Å². The highest BCUT2D eigenvalue weighted by Crippen LogP contribution is 2.38. The van der Waals surface area contributed by atoms with Crippen LogP contribution in [0.2, 0.25) is 0 Å². The molecule has 35 heavy (non-hydrogen) atoms. The van der Waals surface area contributed by atoms with Crippen molar-refractivity contribution in [1.82, 2.24) is 4.90 Å². The van der Waals surface area contributed by atoms with Gasteiger partial charge in [0.15, 0.2) is 6.29 Å². The largest absolute Gasteiger partial charge is 0.508 e. The Kier molecular flexibility index (Phi) is 6.68. The number of benzene rings is 4. The molecule has 0 spiro atoms. The summed E-state index contributed by atoms with van der Waals surface area (Å²) < 4.78 is 6.07. The number of hydrogen-bond acceptors (Lipinski definition) is 5. The summed E-state index contributed by atoms with van der Waals surface area (Å²) in [5.41, 5.74) is 3.85. The van der Waals surface area contributed by atoms with E-state index in [-0.39, 0.29) is 11.5 Å². The molecule has 1 saturated heterocycles. The van der Waals surface area contributed by atoms with Gasteiger partial charge in [0.05, 0.1) is 0 Å². The first kappa shape index (κ1) is 22.9. The van der Waals surface area contributed by atoms with Crippen LogP contribution in [0, 0.1) is 0 Å². The van der Waals surface area contributed by atoms with Crippen molar-refractivity contribution >= 4 is 17.1 Å². The molecule has 5 rings (SSSR count). The first-order chi connectivity index (χ1) is 17.1. The molecular formula is C30H29NO4. The highest BCUT2D eigenvalue weighted by molar-refractivity contribution is 5.96. The van der Waals surface area contributed by atoms with Crippen molar-refractivity contribution in [3.8, 4) is 39.5 Å². The summed E-state index contributed by atoms with van der Waals surface area (Å²) in [5, 5.41) is 22.0. The predicted molar refractivity (Wildman–Crippen MR) is 139 cm³/mol. The van der Waals surface area contributed by atoms with Crippen molar-refractivity contribution in [2.45, 2.75) is 19.3 Å². The molecule has 1 fully saturated rings. The van der Waals surface area contributed by atoms with E-state index >= 15 is 0 Å². The first-order valence-electron chi connectivity index (χ1n) is 12.1. The monoisotopic (exact) mass is 467 g/mol. The topological polar surface area (TPSA) is 70.0 Å². The number of aldehydes is 1. The molecule has 0 atom stereocenters. The Labute approximate surface area is 205 Å². The Hall–Kier alpha value is -3.83. The van der Waals surface area contributed by atoms with E-state index in [4.69, 9.17) is 4.74 Å². The number of likely N-dealkylation sites (tertiary alicyclic amines) is 1. The second-order valence-corrected chi connectivity index (χ2v) is 9.09. The van der Waals surface area contributed by atoms with Crippen LogP contribution >= 0.6 is 0 Å². The number of carbonyl (C=O) groups is 1. The van der Waals surface area contributed by atoms with Gasteiger partial charge in [0.2, 0.25) is 0 Å². The molecule has 1 heterocycles. The SMILES string of the molecule is O=Cc1ccc(OCCN2CCCCC2)cc1-c1cc(O)ccc1-c1ccc2cc(O)ccc2c1. The maximum absolute atomic E-state index is 11.9. The number of fused-ring (bicyclic) bond motifs is 1. The zero-order valence-corrected chi connectivity index (χ0v) is 19.6. The molecular weight excluding hydrogens is 438 g/mol. The van der Waals surface area contributed by atoms with Crippen LogP contribution in [0.15, 0.2) is 72.8 Å². The molecule has 0 aliphatic carbocycles. The summed E-state index contributed by atoms with van der Waals surface area (Å²) >= 11 is 0. The van der Waals surface area contributed by atoms with Crippen LogP contribution in [-0.2, 0) is 0 Å². The standard InChI is InChI=1S/C30H29NO4/c32-20-24-7-10-27(35-15-14-31-12-2-1-3-13-31)19-29(24)30-18-26(34)9-11-28(30)23-5-4-22-17-25(33)8-6-21(22)16-23/h4-11,16-20,33-34H,1-3,12-15H2. The second kappa shape index (κ2) is 10.2. The highest BCUT2D eigenvalue weighted by atomic mass is 16.5. The zero-order valence-electron chi connectivity index (χ0n) is 19.6. The van der Waals surface area contributed by atoms with Crippen molar-refractivity contribution in [2.75, 3.05) is 26.2 Å². The minimum absolute atomic E-state index is 0.128. The lowest BCUT2D eigenvalue weighted by Gasteiger charge is -2.26. The summed E-state index contributed by atoms with van der Waals surface area (Å²) in [7, 11) is 0. The van der Waals surface area contributed by atoms with Gasteiger partial charge in [-0.05, 0) is 107 Å². The summed E-state index contributed by atoms with van der Waals surface area (Å²) in [6.07, 6.45) is 4.63. The molecule has 0 saturated carbocycles. The van der Waals surface area contributed by atoms with Gasteiger partial charge in [0.25, 0.3) is 0 Å². The fourth-order valence-electron chi connectivity index (χ4n) is 4.84. The average Bonchev–Trinajstić information content (AvgIpc) is 2.89. The smallest absolute Gasteiger partial charge is 0.150 e. The average molecular weight is 468 g/mol. The number of ether oxygens (including phenoxy) is 1. The van der Waals surface area contributed by atoms with Gasteiger partial charge in [-0.25, -0.2) is 0 Å². The number of phenolic OH excluding ortho intramolecular Hbond substituents is 2. The van der Waals surface area contributed by atoms with Gasteiger partial charge in [0.1, 0.15) is 23.9 Å². The maximum Gasteiger partial charge on any atom is 0.150 e. The Morgan fingerprint density at radius 2 is 1.49 bits per heavy atom. The lowest BCUT2D eigenvalue weighted by molar-refractivity contribution is 0.112. The molecule has 4 aromatic rings. The van der Waals surface area contributed by atoms with E-state index in [2.05, 4.69) is 4.90 Å². The number of hydrogen-bond donors (Lipinski definition) is 2. The molecule has 0 unspecified atom stereocenters. The summed E-state index contributed by atoms with van der Waals surface area (Å²) in [6.45, 7) is 3.71. The number of aromatic hydroxyl groups is 2. The summed E-state index contributed by atoms with van der Waals surface area (Å²) in [5.74, 6) is 1.05. The number of rotatable bonds is 7. The molecule has 178 valence electrons. The normalized spacial score (nSPS) is 14.2. The molecule has 5 nitrogen and oxygen atoms in total. The molecule has 1 aliphatic heterocycles. The van der Waals surface area contributed by atoms with Crippen molar-refractivity contribution in [2.24, 2.45) is 0 Å². The molecule has 0 aromatic heterocycles. The molecule has 5 heteroatoms. The van der Waals surface area contributed by atoms with Crippen molar-refractivity contribution in [3.63, 3.8) is 0 Å². The summed E-state index contributed by atoms with van der Waals surface area (Å²) in [6, 6.07) is 22.0. The van der Waals surface area contributed by atoms with Crippen LogP contribution in [0.4, 0.5) is 0 Å². The third-order valence-corrected chi connectivity index (χ3v) is 6.70. The maximum atomic E-state index is 11.9. The minimum atomic E-state index is 0.128. The Bertz CT molecular complexity index is 1360. The summed E-state index contributed by atoms with van der Waals surface area (Å²) in [4.78, 5) is 14.4. The van der Waals surface area contributed by atoms with Gasteiger partial charge in [0, 0.05) is 12.1 Å². The van der Waals surface area contributed by atoms with Crippen LogP contribution in [0.1, 0.15) is 29.6 Å². The van der Waals surface area contributed by atoms with Crippen molar-refractivity contribution < 1.29 is 19.7 Å². The van der Waals surface area contributed by atoms with Gasteiger partial charge < -0.3 is 14.9 Å². The molecule has 0 radical (unpaired) electrons.